The molecule has 2 nitrogen and oxygen atoms in total. The number of hydrogen-bond acceptors (Lipinski definition) is 1. The Hall–Kier alpha value is -1.83. The summed E-state index contributed by atoms with van der Waals surface area (Å²) >= 11 is 0. The third-order valence-electron chi connectivity index (χ3n) is 5.29. The Morgan fingerprint density at radius 2 is 1.33 bits per heavy atom. The van der Waals surface area contributed by atoms with Crippen LogP contribution in [0.15, 0.2) is 42.5 Å². The molecule has 0 spiro atoms. The Kier molecular flexibility index (Phi) is 5.55. The molecule has 1 saturated carbocycles. The lowest BCUT2D eigenvalue weighted by atomic mass is 10.1. The molecule has 1 aromatic rings. The monoisotopic (exact) mass is 323 g/mol. The van der Waals surface area contributed by atoms with E-state index in [1.54, 1.807) is 0 Å². The minimum Gasteiger partial charge on any atom is -0.326 e. The van der Waals surface area contributed by atoms with Gasteiger partial charge in [0.25, 0.3) is 0 Å². The van der Waals surface area contributed by atoms with Crippen molar-refractivity contribution in [1.29, 1.82) is 0 Å². The van der Waals surface area contributed by atoms with Crippen LogP contribution in [-0.2, 0) is 4.79 Å². The van der Waals surface area contributed by atoms with Gasteiger partial charge in [-0.15, -0.1) is 0 Å². The number of benzene rings is 1. The summed E-state index contributed by atoms with van der Waals surface area (Å²) in [6.45, 7) is 4.15. The number of anilines is 1. The fourth-order valence-corrected chi connectivity index (χ4v) is 4.13. The summed E-state index contributed by atoms with van der Waals surface area (Å²) in [7, 11) is 0. The molecule has 0 heterocycles. The average molecular weight is 323 g/mol. The summed E-state index contributed by atoms with van der Waals surface area (Å²) in [5.74, 6) is 1.55. The third kappa shape index (κ3) is 4.37. The van der Waals surface area contributed by atoms with E-state index >= 15 is 0 Å². The smallest absolute Gasteiger partial charge is 0.228 e. The minimum absolute atomic E-state index is 0.202. The number of nitrogens with one attached hydrogen (secondary N) is 1. The summed E-state index contributed by atoms with van der Waals surface area (Å²) in [5.41, 5.74) is 3.34. The number of amides is 1. The molecule has 0 bridgehead atoms. The van der Waals surface area contributed by atoms with Crippen LogP contribution < -0.4 is 5.32 Å². The largest absolute Gasteiger partial charge is 0.326 e. The van der Waals surface area contributed by atoms with Gasteiger partial charge in [0.2, 0.25) is 5.91 Å². The molecule has 3 atom stereocenters. The van der Waals surface area contributed by atoms with E-state index in [-0.39, 0.29) is 11.8 Å². The van der Waals surface area contributed by atoms with E-state index in [2.05, 4.69) is 61.7 Å². The lowest BCUT2D eigenvalue weighted by Gasteiger charge is -2.07. The topological polar surface area (TPSA) is 29.1 Å². The summed E-state index contributed by atoms with van der Waals surface area (Å²) < 4.78 is 0. The van der Waals surface area contributed by atoms with Crippen LogP contribution in [0.1, 0.15) is 49.7 Å². The van der Waals surface area contributed by atoms with Crippen molar-refractivity contribution in [3.05, 3.63) is 53.6 Å². The maximum absolute atomic E-state index is 12.7. The van der Waals surface area contributed by atoms with Crippen molar-refractivity contribution in [3.63, 3.8) is 0 Å². The Bertz CT molecular complexity index is 599. The van der Waals surface area contributed by atoms with Gasteiger partial charge in [0, 0.05) is 11.6 Å². The predicted molar refractivity (Wildman–Crippen MR) is 101 cm³/mol. The van der Waals surface area contributed by atoms with Gasteiger partial charge in [0.15, 0.2) is 0 Å². The molecule has 3 rings (SSSR count). The van der Waals surface area contributed by atoms with Gasteiger partial charge in [-0.25, -0.2) is 0 Å². The van der Waals surface area contributed by atoms with Gasteiger partial charge in [0.1, 0.15) is 0 Å². The standard InChI is InChI=1S/C22H29NO/c1-16-13-17(2)15-18(14-16)23-22(24)21-19-11-9-7-5-3-4-6-8-10-12-20(19)21/h5-8,13-15,19-21H,3-4,9-12H2,1-2H3,(H,23,24)/b7-5-,8-6+. The van der Waals surface area contributed by atoms with Crippen LogP contribution in [-0.4, -0.2) is 5.91 Å². The molecule has 1 amide bonds. The normalized spacial score (nSPS) is 29.5. The molecule has 0 aromatic heterocycles. The first-order valence-corrected chi connectivity index (χ1v) is 9.34. The molecule has 2 aliphatic rings. The van der Waals surface area contributed by atoms with Crippen LogP contribution in [0.5, 0.6) is 0 Å². The van der Waals surface area contributed by atoms with Crippen LogP contribution in [0, 0.1) is 31.6 Å². The van der Waals surface area contributed by atoms with Gasteiger partial charge in [-0.3, -0.25) is 4.79 Å². The second kappa shape index (κ2) is 7.83. The zero-order chi connectivity index (χ0) is 16.9. The fourth-order valence-electron chi connectivity index (χ4n) is 4.13. The highest BCUT2D eigenvalue weighted by atomic mass is 16.2. The molecule has 0 saturated heterocycles. The molecule has 1 N–H and O–H groups in total. The van der Waals surface area contributed by atoms with Gasteiger partial charge in [-0.1, -0.05) is 30.4 Å². The quantitative estimate of drug-likeness (QED) is 0.708. The molecular formula is C22H29NO. The number of carbonyl (C=O) groups excluding carboxylic acids is 1. The summed E-state index contributed by atoms with van der Waals surface area (Å²) in [6, 6.07) is 6.26. The molecule has 3 unspecified atom stereocenters. The van der Waals surface area contributed by atoms with Crippen molar-refractivity contribution >= 4 is 11.6 Å². The average Bonchev–Trinajstić information content (AvgIpc) is 3.18. The van der Waals surface area contributed by atoms with Crippen LogP contribution in [0.25, 0.3) is 0 Å². The first-order chi connectivity index (χ1) is 11.6. The molecule has 24 heavy (non-hydrogen) atoms. The van der Waals surface area contributed by atoms with Crippen molar-refractivity contribution in [2.24, 2.45) is 17.8 Å². The maximum atomic E-state index is 12.7. The van der Waals surface area contributed by atoms with E-state index < -0.39 is 0 Å². The molecule has 0 aliphatic heterocycles. The highest BCUT2D eigenvalue weighted by molar-refractivity contribution is 5.95. The molecule has 0 radical (unpaired) electrons. The van der Waals surface area contributed by atoms with Gasteiger partial charge in [0.05, 0.1) is 0 Å². The van der Waals surface area contributed by atoms with E-state index in [4.69, 9.17) is 0 Å². The predicted octanol–water partition coefficient (Wildman–Crippen LogP) is 5.57. The zero-order valence-corrected chi connectivity index (χ0v) is 14.9. The molecule has 1 aromatic carbocycles. The van der Waals surface area contributed by atoms with Crippen LogP contribution in [0.2, 0.25) is 0 Å². The lowest BCUT2D eigenvalue weighted by molar-refractivity contribution is -0.117. The molecule has 1 fully saturated rings. The van der Waals surface area contributed by atoms with E-state index in [1.807, 2.05) is 0 Å². The van der Waals surface area contributed by atoms with Gasteiger partial charge in [-0.05, 0) is 87.5 Å². The van der Waals surface area contributed by atoms with Crippen molar-refractivity contribution < 1.29 is 4.79 Å². The first kappa shape index (κ1) is 17.0. The zero-order valence-electron chi connectivity index (χ0n) is 14.9. The fraction of sp³-hybridized carbons (Fsp3) is 0.500. The Morgan fingerprint density at radius 1 is 0.833 bits per heavy atom. The van der Waals surface area contributed by atoms with Crippen LogP contribution in [0.3, 0.4) is 0 Å². The van der Waals surface area contributed by atoms with Gasteiger partial charge >= 0.3 is 0 Å². The number of aryl methyl sites for hydroxylation is 2. The van der Waals surface area contributed by atoms with E-state index in [1.165, 1.54) is 11.1 Å². The van der Waals surface area contributed by atoms with Crippen molar-refractivity contribution in [2.75, 3.05) is 5.32 Å². The minimum atomic E-state index is 0.202. The summed E-state index contributed by atoms with van der Waals surface area (Å²) in [5, 5.41) is 3.16. The first-order valence-electron chi connectivity index (χ1n) is 9.34. The Balaban J connectivity index is 1.64. The second-order valence-electron chi connectivity index (χ2n) is 7.39. The number of fused-ring (bicyclic) bond motifs is 1. The van der Waals surface area contributed by atoms with Crippen LogP contribution in [0.4, 0.5) is 5.69 Å². The molecular weight excluding hydrogens is 294 g/mol. The number of rotatable bonds is 2. The Labute approximate surface area is 146 Å². The summed E-state index contributed by atoms with van der Waals surface area (Å²) in [6.07, 6.45) is 16.0. The van der Waals surface area contributed by atoms with Gasteiger partial charge in [-0.2, -0.15) is 0 Å². The van der Waals surface area contributed by atoms with E-state index in [9.17, 15) is 4.79 Å². The SMILES string of the molecule is Cc1cc(C)cc(NC(=O)C2C3CC/C=C\CC/C=C/CCC32)c1. The van der Waals surface area contributed by atoms with E-state index in [0.29, 0.717) is 11.8 Å². The summed E-state index contributed by atoms with van der Waals surface area (Å²) in [4.78, 5) is 12.7. The highest BCUT2D eigenvalue weighted by Crippen LogP contribution is 2.52. The number of hydrogen-bond donors (Lipinski definition) is 1. The van der Waals surface area contributed by atoms with Crippen molar-refractivity contribution in [1.82, 2.24) is 0 Å². The lowest BCUT2D eigenvalue weighted by Crippen LogP contribution is -2.16. The Morgan fingerprint density at radius 3 is 1.88 bits per heavy atom. The van der Waals surface area contributed by atoms with Crippen LogP contribution >= 0.6 is 0 Å². The second-order valence-corrected chi connectivity index (χ2v) is 7.39. The third-order valence-corrected chi connectivity index (χ3v) is 5.29. The molecule has 2 heteroatoms. The number of allylic oxidation sites excluding steroid dienone is 4. The number of carbonyl (C=O) groups is 1. The van der Waals surface area contributed by atoms with Crippen molar-refractivity contribution in [2.45, 2.75) is 52.4 Å². The van der Waals surface area contributed by atoms with E-state index in [0.717, 1.165) is 44.2 Å². The molecule has 2 aliphatic carbocycles. The van der Waals surface area contributed by atoms with Gasteiger partial charge < -0.3 is 5.32 Å². The molecule has 128 valence electrons. The maximum Gasteiger partial charge on any atom is 0.228 e. The highest BCUT2D eigenvalue weighted by Gasteiger charge is 2.52. The van der Waals surface area contributed by atoms with Crippen molar-refractivity contribution in [3.8, 4) is 0 Å².